The minimum atomic E-state index is -4.54. The van der Waals surface area contributed by atoms with Crippen molar-refractivity contribution < 1.29 is 37.3 Å². The van der Waals surface area contributed by atoms with Crippen molar-refractivity contribution in [2.45, 2.75) is 161 Å². The largest absolute Gasteiger partial charge is 0.756 e. The molecule has 2 atom stereocenters. The summed E-state index contributed by atoms with van der Waals surface area (Å²) in [6.07, 6.45) is 53.1. The molecule has 0 rings (SSSR count). The van der Waals surface area contributed by atoms with E-state index in [1.807, 2.05) is 21.1 Å². The SMILES string of the molecule is CC/C=C\C/C=C\C/C=C\C/C=C\CCCCCCCCCOCC(COP(=O)([O-])OCC[N+](C)(C)C)OC(=O)CCCCCCC/C=C\C/C=C\C/C=C\CC. The minimum Gasteiger partial charge on any atom is -0.756 e. The molecule has 2 unspecified atom stereocenters. The molecule has 9 heteroatoms. The first-order chi connectivity index (χ1) is 27.6. The lowest BCUT2D eigenvalue weighted by atomic mass is 10.1. The van der Waals surface area contributed by atoms with Crippen molar-refractivity contribution in [1.29, 1.82) is 0 Å². The van der Waals surface area contributed by atoms with E-state index in [9.17, 15) is 14.3 Å². The predicted molar refractivity (Wildman–Crippen MR) is 240 cm³/mol. The molecule has 0 N–H and O–H groups in total. The van der Waals surface area contributed by atoms with E-state index >= 15 is 0 Å². The van der Waals surface area contributed by atoms with Crippen molar-refractivity contribution in [3.05, 3.63) is 85.1 Å². The van der Waals surface area contributed by atoms with Crippen LogP contribution in [0.2, 0.25) is 0 Å². The van der Waals surface area contributed by atoms with Crippen LogP contribution in [0.3, 0.4) is 0 Å². The van der Waals surface area contributed by atoms with E-state index in [0.717, 1.165) is 109 Å². The number of unbranched alkanes of at least 4 members (excludes halogenated alkanes) is 12. The Balaban J connectivity index is 4.28. The molecule has 0 aromatic rings. The average Bonchev–Trinajstić information content (AvgIpc) is 3.16. The molecule has 0 aromatic carbocycles. The summed E-state index contributed by atoms with van der Waals surface area (Å²) in [5, 5.41) is 0. The maximum absolute atomic E-state index is 12.7. The average molecular weight is 818 g/mol. The Morgan fingerprint density at radius 3 is 1.44 bits per heavy atom. The number of phosphoric acid groups is 1. The third kappa shape index (κ3) is 44.6. The number of hydrogen-bond donors (Lipinski definition) is 0. The molecule has 0 aliphatic heterocycles. The first-order valence-electron chi connectivity index (χ1n) is 22.3. The number of esters is 1. The smallest absolute Gasteiger partial charge is 0.306 e. The second kappa shape index (κ2) is 40.5. The normalized spacial score (nSPS) is 14.6. The molecule has 8 nitrogen and oxygen atoms in total. The molecule has 0 aliphatic rings. The summed E-state index contributed by atoms with van der Waals surface area (Å²) in [7, 11) is 1.32. The van der Waals surface area contributed by atoms with Crippen molar-refractivity contribution >= 4 is 13.8 Å². The zero-order valence-electron chi connectivity index (χ0n) is 37.0. The Morgan fingerprint density at radius 2 is 0.965 bits per heavy atom. The minimum absolute atomic E-state index is 0.0152. The Labute approximate surface area is 350 Å². The van der Waals surface area contributed by atoms with Gasteiger partial charge in [-0.15, -0.1) is 0 Å². The molecule has 0 radical (unpaired) electrons. The van der Waals surface area contributed by atoms with Crippen LogP contribution in [0.15, 0.2) is 85.1 Å². The van der Waals surface area contributed by atoms with E-state index in [4.69, 9.17) is 18.5 Å². The van der Waals surface area contributed by atoms with E-state index in [1.54, 1.807) is 0 Å². The number of carbonyl (C=O) groups excluding carboxylic acids is 1. The van der Waals surface area contributed by atoms with Gasteiger partial charge in [0.2, 0.25) is 0 Å². The van der Waals surface area contributed by atoms with Crippen LogP contribution in [0, 0.1) is 0 Å². The van der Waals surface area contributed by atoms with Gasteiger partial charge in [0.1, 0.15) is 19.3 Å². The quantitative estimate of drug-likeness (QED) is 0.0200. The van der Waals surface area contributed by atoms with Crippen LogP contribution in [0.4, 0.5) is 0 Å². The predicted octanol–water partition coefficient (Wildman–Crippen LogP) is 12.6. The van der Waals surface area contributed by atoms with Crippen LogP contribution in [0.25, 0.3) is 0 Å². The highest BCUT2D eigenvalue weighted by Gasteiger charge is 2.20. The van der Waals surface area contributed by atoms with E-state index < -0.39 is 13.9 Å². The fourth-order valence-corrected chi connectivity index (χ4v) is 6.28. The second-order valence-electron chi connectivity index (χ2n) is 15.6. The number of carbonyl (C=O) groups is 1. The van der Waals surface area contributed by atoms with Crippen LogP contribution in [-0.4, -0.2) is 70.7 Å². The highest BCUT2D eigenvalue weighted by molar-refractivity contribution is 7.45. The van der Waals surface area contributed by atoms with Crippen molar-refractivity contribution in [3.63, 3.8) is 0 Å². The molecule has 0 saturated carbocycles. The zero-order chi connectivity index (χ0) is 42.0. The Morgan fingerprint density at radius 1 is 0.544 bits per heavy atom. The maximum Gasteiger partial charge on any atom is 0.306 e. The highest BCUT2D eigenvalue weighted by atomic mass is 31.2. The standard InChI is InChI=1S/C48H84NO7P/c1-6-8-10-12-14-16-18-20-22-23-24-25-26-28-30-32-34-36-38-40-43-53-45-47(46-55-57(51,52)54-44-42-49(3,4)5)56-48(50)41-39-37-35-33-31-29-27-21-19-17-15-13-11-9-7-2/h8-11,14-17,20-22,24-25,27,47H,6-7,12-13,18-19,23,26,28-46H2,1-5H3/b10-8-,11-9-,16-14-,17-15-,22-20-,25-24-,27-21-. The third-order valence-corrected chi connectivity index (χ3v) is 9.91. The first-order valence-corrected chi connectivity index (χ1v) is 23.8. The number of hydrogen-bond acceptors (Lipinski definition) is 7. The van der Waals surface area contributed by atoms with E-state index in [2.05, 4.69) is 98.9 Å². The summed E-state index contributed by atoms with van der Waals surface area (Å²) in [6.45, 7) is 5.11. The fraction of sp³-hybridized carbons (Fsp3) is 0.688. The molecular formula is C48H84NO7P. The number of nitrogens with zero attached hydrogens (tertiary/aromatic N) is 1. The molecule has 0 fully saturated rings. The Hall–Kier alpha value is -2.32. The van der Waals surface area contributed by atoms with Gasteiger partial charge in [0.15, 0.2) is 0 Å². The van der Waals surface area contributed by atoms with Crippen LogP contribution < -0.4 is 4.89 Å². The van der Waals surface area contributed by atoms with Gasteiger partial charge in [-0.25, -0.2) is 0 Å². The van der Waals surface area contributed by atoms with Crippen LogP contribution in [0.1, 0.15) is 155 Å². The summed E-state index contributed by atoms with van der Waals surface area (Å²) in [5.41, 5.74) is 0. The van der Waals surface area contributed by atoms with Gasteiger partial charge in [0, 0.05) is 13.0 Å². The fourth-order valence-electron chi connectivity index (χ4n) is 5.55. The summed E-state index contributed by atoms with van der Waals surface area (Å²) in [5.74, 6) is -0.359. The molecule has 0 aliphatic carbocycles. The molecule has 0 saturated heterocycles. The number of likely N-dealkylation sites (N-methyl/N-ethyl adjacent to an activating group) is 1. The molecule has 0 spiro atoms. The van der Waals surface area contributed by atoms with Crippen LogP contribution >= 0.6 is 7.82 Å². The number of phosphoric ester groups is 1. The van der Waals surface area contributed by atoms with Gasteiger partial charge in [0.25, 0.3) is 7.82 Å². The van der Waals surface area contributed by atoms with Gasteiger partial charge in [0.05, 0.1) is 34.4 Å². The summed E-state index contributed by atoms with van der Waals surface area (Å²) in [6, 6.07) is 0. The summed E-state index contributed by atoms with van der Waals surface area (Å²) in [4.78, 5) is 25.1. The molecule has 0 amide bonds. The first kappa shape index (κ1) is 54.7. The maximum atomic E-state index is 12.7. The lowest BCUT2D eigenvalue weighted by Gasteiger charge is -2.28. The van der Waals surface area contributed by atoms with E-state index in [0.29, 0.717) is 17.6 Å². The van der Waals surface area contributed by atoms with Gasteiger partial charge in [-0.2, -0.15) is 0 Å². The van der Waals surface area contributed by atoms with Crippen LogP contribution in [-0.2, 0) is 27.9 Å². The van der Waals surface area contributed by atoms with Crippen molar-refractivity contribution in [3.8, 4) is 0 Å². The lowest BCUT2D eigenvalue weighted by molar-refractivity contribution is -0.870. The number of rotatable bonds is 40. The lowest BCUT2D eigenvalue weighted by Crippen LogP contribution is -2.37. The molecule has 0 aromatic heterocycles. The zero-order valence-corrected chi connectivity index (χ0v) is 37.9. The van der Waals surface area contributed by atoms with Crippen molar-refractivity contribution in [2.75, 3.05) is 54.1 Å². The molecule has 0 heterocycles. The van der Waals surface area contributed by atoms with Gasteiger partial charge < -0.3 is 27.9 Å². The van der Waals surface area contributed by atoms with Gasteiger partial charge in [-0.3, -0.25) is 9.36 Å². The van der Waals surface area contributed by atoms with Gasteiger partial charge in [-0.05, 0) is 83.5 Å². The topological polar surface area (TPSA) is 94.1 Å². The van der Waals surface area contributed by atoms with Crippen molar-refractivity contribution in [1.82, 2.24) is 0 Å². The highest BCUT2D eigenvalue weighted by Crippen LogP contribution is 2.38. The van der Waals surface area contributed by atoms with Gasteiger partial charge >= 0.3 is 5.97 Å². The summed E-state index contributed by atoms with van der Waals surface area (Å²) < 4.78 is 34.6. The third-order valence-electron chi connectivity index (χ3n) is 8.94. The molecule has 57 heavy (non-hydrogen) atoms. The second-order valence-corrected chi connectivity index (χ2v) is 17.1. The number of quaternary nitrogens is 1. The van der Waals surface area contributed by atoms with Gasteiger partial charge in [-0.1, -0.05) is 150 Å². The Bertz CT molecular complexity index is 1180. The van der Waals surface area contributed by atoms with Crippen LogP contribution in [0.5, 0.6) is 0 Å². The molecule has 328 valence electrons. The monoisotopic (exact) mass is 818 g/mol. The number of ether oxygens (including phenoxy) is 2. The van der Waals surface area contributed by atoms with Crippen molar-refractivity contribution in [2.24, 2.45) is 0 Å². The summed E-state index contributed by atoms with van der Waals surface area (Å²) >= 11 is 0. The number of allylic oxidation sites excluding steroid dienone is 14. The Kier molecular flexibility index (Phi) is 38.8. The van der Waals surface area contributed by atoms with E-state index in [-0.39, 0.29) is 32.2 Å². The molecular weight excluding hydrogens is 734 g/mol. The molecule has 0 bridgehead atoms. The van der Waals surface area contributed by atoms with E-state index in [1.165, 1.54) is 25.7 Å².